The molecule has 1 heterocycles. The molecule has 5 nitrogen and oxygen atoms in total. The summed E-state index contributed by atoms with van der Waals surface area (Å²) in [5.74, 6) is 1.98. The molecule has 0 aromatic heterocycles. The van der Waals surface area contributed by atoms with Crippen LogP contribution in [0.4, 0.5) is 0 Å². The standard InChI is InChI=1S/C40H49BO5Si/c1-31(46-47(7,8)38(2,3)4)29-30-41-44-36(39(42-5,32-21-13-9-14-22-32)33-23-15-10-16-24-33)37(45-41)40(43-6,34-25-17-11-18-26-34)35-27-19-12-20-28-35/h9-31,36-37H,1-8H3/b30-29+/t31-,36+,37+/m0/s1. The molecule has 0 radical (unpaired) electrons. The lowest BCUT2D eigenvalue weighted by molar-refractivity contribution is -0.136. The molecule has 1 aliphatic rings. The molecule has 246 valence electrons. The van der Waals surface area contributed by atoms with Crippen LogP contribution < -0.4 is 0 Å². The molecule has 0 spiro atoms. The zero-order valence-electron chi connectivity index (χ0n) is 29.1. The average Bonchev–Trinajstić information content (AvgIpc) is 3.51. The van der Waals surface area contributed by atoms with Crippen LogP contribution in [0.25, 0.3) is 0 Å². The molecule has 3 atom stereocenters. The number of hydrogen-bond acceptors (Lipinski definition) is 5. The van der Waals surface area contributed by atoms with Gasteiger partial charge in [-0.25, -0.2) is 0 Å². The highest BCUT2D eigenvalue weighted by Gasteiger charge is 2.61. The van der Waals surface area contributed by atoms with Crippen LogP contribution in [0, 0.1) is 0 Å². The van der Waals surface area contributed by atoms with Crippen LogP contribution >= 0.6 is 0 Å². The molecule has 1 aliphatic heterocycles. The Morgan fingerprint density at radius 3 is 1.21 bits per heavy atom. The normalized spacial score (nSPS) is 18.5. The Morgan fingerprint density at radius 2 is 0.936 bits per heavy atom. The minimum Gasteiger partial charge on any atom is -0.411 e. The van der Waals surface area contributed by atoms with Gasteiger partial charge in [0.2, 0.25) is 0 Å². The summed E-state index contributed by atoms with van der Waals surface area (Å²) < 4.78 is 34.2. The van der Waals surface area contributed by atoms with Crippen LogP contribution in [0.3, 0.4) is 0 Å². The van der Waals surface area contributed by atoms with Crippen molar-refractivity contribution in [1.82, 2.24) is 0 Å². The van der Waals surface area contributed by atoms with E-state index in [9.17, 15) is 0 Å². The van der Waals surface area contributed by atoms with Gasteiger partial charge in [0.05, 0.1) is 6.10 Å². The van der Waals surface area contributed by atoms with Crippen molar-refractivity contribution in [3.05, 3.63) is 156 Å². The lowest BCUT2D eigenvalue weighted by Gasteiger charge is -2.46. The second kappa shape index (κ2) is 14.4. The first-order valence-electron chi connectivity index (χ1n) is 16.5. The minimum absolute atomic E-state index is 0.0958. The van der Waals surface area contributed by atoms with E-state index in [4.69, 9.17) is 23.2 Å². The first kappa shape index (κ1) is 35.0. The van der Waals surface area contributed by atoms with Crippen molar-refractivity contribution in [3.63, 3.8) is 0 Å². The summed E-state index contributed by atoms with van der Waals surface area (Å²) in [6, 6.07) is 41.1. The van der Waals surface area contributed by atoms with Crippen molar-refractivity contribution in [1.29, 1.82) is 0 Å². The summed E-state index contributed by atoms with van der Waals surface area (Å²) in [6.07, 6.45) is 0.642. The third kappa shape index (κ3) is 6.84. The highest BCUT2D eigenvalue weighted by Crippen LogP contribution is 2.50. The molecule has 1 fully saturated rings. The monoisotopic (exact) mass is 648 g/mol. The summed E-state index contributed by atoms with van der Waals surface area (Å²) >= 11 is 0. The van der Waals surface area contributed by atoms with Gasteiger partial charge in [-0.3, -0.25) is 0 Å². The topological polar surface area (TPSA) is 46.2 Å². The molecule has 0 unspecified atom stereocenters. The van der Waals surface area contributed by atoms with E-state index in [2.05, 4.69) is 95.4 Å². The van der Waals surface area contributed by atoms with Gasteiger partial charge >= 0.3 is 7.12 Å². The fourth-order valence-corrected chi connectivity index (χ4v) is 7.90. The van der Waals surface area contributed by atoms with Crippen LogP contribution in [-0.2, 0) is 34.4 Å². The van der Waals surface area contributed by atoms with Gasteiger partial charge in [0.15, 0.2) is 8.32 Å². The number of hydrogen-bond donors (Lipinski definition) is 0. The van der Waals surface area contributed by atoms with Gasteiger partial charge in [0.1, 0.15) is 23.4 Å². The van der Waals surface area contributed by atoms with E-state index >= 15 is 0 Å². The van der Waals surface area contributed by atoms with E-state index in [1.54, 1.807) is 14.2 Å². The predicted molar refractivity (Wildman–Crippen MR) is 194 cm³/mol. The van der Waals surface area contributed by atoms with E-state index in [0.717, 1.165) is 22.3 Å². The number of benzene rings is 4. The number of rotatable bonds is 12. The summed E-state index contributed by atoms with van der Waals surface area (Å²) in [6.45, 7) is 13.4. The molecular weight excluding hydrogens is 599 g/mol. The predicted octanol–water partition coefficient (Wildman–Crippen LogP) is 8.94. The molecule has 5 rings (SSSR count). The third-order valence-electron chi connectivity index (χ3n) is 9.92. The fraction of sp³-hybridized carbons (Fsp3) is 0.350. The van der Waals surface area contributed by atoms with Gasteiger partial charge in [-0.15, -0.1) is 0 Å². The maximum Gasteiger partial charge on any atom is 0.486 e. The Hall–Kier alpha value is -3.30. The highest BCUT2D eigenvalue weighted by molar-refractivity contribution is 6.74. The Bertz CT molecular complexity index is 1400. The summed E-state index contributed by atoms with van der Waals surface area (Å²) in [4.78, 5) is 0. The molecule has 4 aromatic rings. The molecule has 7 heteroatoms. The first-order chi connectivity index (χ1) is 22.5. The molecule has 0 bridgehead atoms. The fourth-order valence-electron chi connectivity index (χ4n) is 6.54. The van der Waals surface area contributed by atoms with Crippen LogP contribution in [-0.4, -0.2) is 48.0 Å². The Kier molecular flexibility index (Phi) is 10.8. The first-order valence-corrected chi connectivity index (χ1v) is 19.4. The van der Waals surface area contributed by atoms with Gasteiger partial charge < -0.3 is 23.2 Å². The molecule has 0 saturated carbocycles. The average molecular weight is 649 g/mol. The SMILES string of the molecule is COC(c1ccccc1)(c1ccccc1)[C@@H]1OB(/C=C/[C@H](C)O[Si](C)(C)C(C)(C)C)O[C@H]1C(OC)(c1ccccc1)c1ccccc1. The van der Waals surface area contributed by atoms with E-state index in [-0.39, 0.29) is 11.1 Å². The second-order valence-electron chi connectivity index (χ2n) is 13.8. The van der Waals surface area contributed by atoms with Crippen LogP contribution in [0.15, 0.2) is 133 Å². The zero-order valence-corrected chi connectivity index (χ0v) is 30.1. The van der Waals surface area contributed by atoms with E-state index in [0.29, 0.717) is 0 Å². The van der Waals surface area contributed by atoms with Crippen LogP contribution in [0.5, 0.6) is 0 Å². The van der Waals surface area contributed by atoms with Crippen molar-refractivity contribution in [2.45, 2.75) is 75.3 Å². The lowest BCUT2D eigenvalue weighted by atomic mass is 9.71. The maximum atomic E-state index is 7.08. The largest absolute Gasteiger partial charge is 0.486 e. The molecule has 0 N–H and O–H groups in total. The van der Waals surface area contributed by atoms with E-state index < -0.39 is 38.8 Å². The van der Waals surface area contributed by atoms with Gasteiger partial charge in [0.25, 0.3) is 0 Å². The van der Waals surface area contributed by atoms with Gasteiger partial charge in [-0.1, -0.05) is 154 Å². The smallest absolute Gasteiger partial charge is 0.411 e. The van der Waals surface area contributed by atoms with Crippen LogP contribution in [0.2, 0.25) is 18.1 Å². The maximum absolute atomic E-state index is 7.08. The second-order valence-corrected chi connectivity index (χ2v) is 18.5. The van der Waals surface area contributed by atoms with Gasteiger partial charge in [-0.2, -0.15) is 0 Å². The Labute approximate surface area is 283 Å². The number of ether oxygens (including phenoxy) is 2. The molecule has 0 amide bonds. The van der Waals surface area contributed by atoms with Gasteiger partial charge in [-0.05, 0) is 47.3 Å². The van der Waals surface area contributed by atoms with Crippen molar-refractivity contribution >= 4 is 15.4 Å². The lowest BCUT2D eigenvalue weighted by Crippen LogP contribution is -2.56. The van der Waals surface area contributed by atoms with E-state index in [1.807, 2.05) is 78.8 Å². The quantitative estimate of drug-likeness (QED) is 0.144. The third-order valence-corrected chi connectivity index (χ3v) is 14.5. The van der Waals surface area contributed by atoms with Crippen LogP contribution in [0.1, 0.15) is 49.9 Å². The number of methoxy groups -OCH3 is 2. The summed E-state index contributed by atoms with van der Waals surface area (Å²) in [7, 11) is 0.809. The molecule has 47 heavy (non-hydrogen) atoms. The molecule has 4 aromatic carbocycles. The Morgan fingerprint density at radius 1 is 0.617 bits per heavy atom. The Balaban J connectivity index is 1.70. The summed E-state index contributed by atoms with van der Waals surface area (Å²) in [5.41, 5.74) is 1.73. The van der Waals surface area contributed by atoms with E-state index in [1.165, 1.54) is 0 Å². The minimum atomic E-state index is -1.99. The van der Waals surface area contributed by atoms with Crippen molar-refractivity contribution in [2.24, 2.45) is 0 Å². The van der Waals surface area contributed by atoms with Gasteiger partial charge in [0, 0.05) is 14.2 Å². The molecular formula is C40H49BO5Si. The van der Waals surface area contributed by atoms with Crippen molar-refractivity contribution < 1.29 is 23.2 Å². The molecule has 0 aliphatic carbocycles. The zero-order chi connectivity index (χ0) is 33.7. The summed E-state index contributed by atoms with van der Waals surface area (Å²) in [5, 5.41) is 0.0958. The van der Waals surface area contributed by atoms with Crippen molar-refractivity contribution in [3.8, 4) is 0 Å². The highest BCUT2D eigenvalue weighted by atomic mass is 28.4. The van der Waals surface area contributed by atoms with Crippen molar-refractivity contribution in [2.75, 3.05) is 14.2 Å². The molecule has 1 saturated heterocycles.